The number of rotatable bonds is 6. The Morgan fingerprint density at radius 1 is 1.44 bits per heavy atom. The van der Waals surface area contributed by atoms with Crippen molar-refractivity contribution < 1.29 is 9.47 Å². The summed E-state index contributed by atoms with van der Waals surface area (Å²) in [6.45, 7) is 1.12. The van der Waals surface area contributed by atoms with Crippen LogP contribution in [0.4, 0.5) is 5.69 Å². The molecule has 2 rings (SSSR count). The summed E-state index contributed by atoms with van der Waals surface area (Å²) < 4.78 is 10.5. The van der Waals surface area contributed by atoms with Gasteiger partial charge in [-0.05, 0) is 31.4 Å². The highest BCUT2D eigenvalue weighted by Gasteiger charge is 2.18. The number of hydrogen-bond acceptors (Lipinski definition) is 4. The second-order valence-electron chi connectivity index (χ2n) is 3.97. The predicted octanol–water partition coefficient (Wildman–Crippen LogP) is 2.07. The van der Waals surface area contributed by atoms with Gasteiger partial charge in [0.15, 0.2) is 0 Å². The van der Waals surface area contributed by atoms with Gasteiger partial charge in [-0.2, -0.15) is 0 Å². The molecule has 0 saturated heterocycles. The van der Waals surface area contributed by atoms with Crippen LogP contribution in [0.15, 0.2) is 18.3 Å². The van der Waals surface area contributed by atoms with Crippen molar-refractivity contribution in [3.63, 3.8) is 0 Å². The van der Waals surface area contributed by atoms with Gasteiger partial charge in [0, 0.05) is 19.3 Å². The van der Waals surface area contributed by atoms with Crippen LogP contribution in [-0.2, 0) is 4.74 Å². The van der Waals surface area contributed by atoms with Gasteiger partial charge >= 0.3 is 0 Å². The van der Waals surface area contributed by atoms with Gasteiger partial charge in [0.1, 0.15) is 6.61 Å². The van der Waals surface area contributed by atoms with E-state index in [1.807, 2.05) is 12.1 Å². The molecule has 1 N–H and O–H groups in total. The van der Waals surface area contributed by atoms with Crippen LogP contribution < -0.4 is 10.1 Å². The Morgan fingerprint density at radius 3 is 3.00 bits per heavy atom. The number of methoxy groups -OCH3 is 1. The van der Waals surface area contributed by atoms with Crippen LogP contribution in [0.1, 0.15) is 19.3 Å². The van der Waals surface area contributed by atoms with Gasteiger partial charge in [-0.3, -0.25) is 0 Å². The normalized spacial score (nSPS) is 15.6. The first-order valence-electron chi connectivity index (χ1n) is 5.73. The van der Waals surface area contributed by atoms with E-state index in [1.54, 1.807) is 13.3 Å². The van der Waals surface area contributed by atoms with Gasteiger partial charge in [0.25, 0.3) is 0 Å². The highest BCUT2D eigenvalue weighted by atomic mass is 16.5. The lowest BCUT2D eigenvalue weighted by Gasteiger charge is -2.28. The Morgan fingerprint density at radius 2 is 2.31 bits per heavy atom. The predicted molar refractivity (Wildman–Crippen MR) is 62.9 cm³/mol. The lowest BCUT2D eigenvalue weighted by atomic mass is 9.93. The quantitative estimate of drug-likeness (QED) is 0.748. The number of hydrogen-bond donors (Lipinski definition) is 1. The minimum absolute atomic E-state index is 0.535. The van der Waals surface area contributed by atoms with Gasteiger partial charge in [-0.15, -0.1) is 0 Å². The maximum Gasteiger partial charge on any atom is 0.237 e. The van der Waals surface area contributed by atoms with E-state index in [2.05, 4.69) is 10.3 Å². The molecule has 1 aliphatic carbocycles. The summed E-state index contributed by atoms with van der Waals surface area (Å²) in [6, 6.07) is 4.52. The van der Waals surface area contributed by atoms with Crippen LogP contribution in [0.25, 0.3) is 0 Å². The van der Waals surface area contributed by atoms with Gasteiger partial charge in [-0.25, -0.2) is 4.98 Å². The summed E-state index contributed by atoms with van der Waals surface area (Å²) in [5, 5.41) is 3.45. The molecule has 0 radical (unpaired) electrons. The molecule has 4 nitrogen and oxygen atoms in total. The molecule has 1 aromatic rings. The summed E-state index contributed by atoms with van der Waals surface area (Å²) in [5.74, 6) is 0.673. The van der Waals surface area contributed by atoms with Crippen LogP contribution in [0.2, 0.25) is 0 Å². The molecule has 1 fully saturated rings. The van der Waals surface area contributed by atoms with Crippen LogP contribution in [0, 0.1) is 0 Å². The van der Waals surface area contributed by atoms with Gasteiger partial charge in [0.05, 0.1) is 12.3 Å². The number of nitrogens with zero attached hydrogens (tertiary/aromatic N) is 1. The van der Waals surface area contributed by atoms with Gasteiger partial charge in [-0.1, -0.05) is 0 Å². The Hall–Kier alpha value is -1.29. The molecule has 1 aromatic heterocycles. The van der Waals surface area contributed by atoms with E-state index in [0.717, 1.165) is 5.69 Å². The third-order valence-electron chi connectivity index (χ3n) is 2.76. The Labute approximate surface area is 96.0 Å². The minimum Gasteiger partial charge on any atom is -0.474 e. The zero-order valence-corrected chi connectivity index (χ0v) is 9.61. The monoisotopic (exact) mass is 222 g/mol. The fourth-order valence-corrected chi connectivity index (χ4v) is 1.61. The van der Waals surface area contributed by atoms with Crippen molar-refractivity contribution in [3.8, 4) is 5.88 Å². The van der Waals surface area contributed by atoms with Crippen molar-refractivity contribution in [2.45, 2.75) is 25.3 Å². The molecule has 0 spiro atoms. The van der Waals surface area contributed by atoms with Crippen molar-refractivity contribution in [3.05, 3.63) is 18.3 Å². The molecular formula is C12H18N2O2. The van der Waals surface area contributed by atoms with E-state index < -0.39 is 0 Å². The number of aromatic nitrogens is 1. The summed E-state index contributed by atoms with van der Waals surface area (Å²) in [5.41, 5.74) is 0.989. The van der Waals surface area contributed by atoms with Crippen molar-refractivity contribution in [2.24, 2.45) is 0 Å². The highest BCUT2D eigenvalue weighted by Crippen LogP contribution is 2.27. The van der Waals surface area contributed by atoms with Crippen molar-refractivity contribution in [1.29, 1.82) is 0 Å². The lowest BCUT2D eigenvalue weighted by molar-refractivity contribution is 0.144. The molecule has 4 heteroatoms. The maximum absolute atomic E-state index is 5.55. The minimum atomic E-state index is 0.535. The van der Waals surface area contributed by atoms with E-state index in [9.17, 15) is 0 Å². The van der Waals surface area contributed by atoms with E-state index in [4.69, 9.17) is 9.47 Å². The average Bonchev–Trinajstić information content (AvgIpc) is 2.25. The first-order chi connectivity index (χ1) is 7.90. The summed E-state index contributed by atoms with van der Waals surface area (Å²) in [7, 11) is 1.66. The van der Waals surface area contributed by atoms with E-state index >= 15 is 0 Å². The highest BCUT2D eigenvalue weighted by molar-refractivity contribution is 5.52. The first kappa shape index (κ1) is 11.2. The second-order valence-corrected chi connectivity index (χ2v) is 3.97. The molecule has 0 unspecified atom stereocenters. The zero-order chi connectivity index (χ0) is 11.2. The standard InChI is InChI=1S/C12H18N2O2/c1-15-8-9-16-12-11(6-3-7-13-12)14-10-4-2-5-10/h3,6-7,10,14H,2,4-5,8-9H2,1H3. The van der Waals surface area contributed by atoms with Crippen LogP contribution in [0.3, 0.4) is 0 Å². The fraction of sp³-hybridized carbons (Fsp3) is 0.583. The van der Waals surface area contributed by atoms with Crippen molar-refractivity contribution >= 4 is 5.69 Å². The first-order valence-corrected chi connectivity index (χ1v) is 5.73. The van der Waals surface area contributed by atoms with E-state index in [1.165, 1.54) is 19.3 Å². The van der Waals surface area contributed by atoms with Gasteiger partial charge in [0.2, 0.25) is 5.88 Å². The molecule has 0 amide bonds. The van der Waals surface area contributed by atoms with Crippen LogP contribution >= 0.6 is 0 Å². The smallest absolute Gasteiger partial charge is 0.237 e. The average molecular weight is 222 g/mol. The molecular weight excluding hydrogens is 204 g/mol. The van der Waals surface area contributed by atoms with Crippen LogP contribution in [0.5, 0.6) is 5.88 Å². The summed E-state index contributed by atoms with van der Waals surface area (Å²) in [4.78, 5) is 4.22. The van der Waals surface area contributed by atoms with Crippen LogP contribution in [-0.4, -0.2) is 31.3 Å². The molecule has 1 saturated carbocycles. The lowest BCUT2D eigenvalue weighted by Crippen LogP contribution is -2.27. The molecule has 0 bridgehead atoms. The number of nitrogens with one attached hydrogen (secondary N) is 1. The van der Waals surface area contributed by atoms with Crippen molar-refractivity contribution in [1.82, 2.24) is 4.98 Å². The molecule has 1 heterocycles. The number of pyridine rings is 1. The third kappa shape index (κ3) is 2.85. The summed E-state index contributed by atoms with van der Waals surface area (Å²) in [6.07, 6.45) is 5.55. The number of ether oxygens (including phenoxy) is 2. The topological polar surface area (TPSA) is 43.4 Å². The molecule has 88 valence electrons. The van der Waals surface area contributed by atoms with E-state index in [-0.39, 0.29) is 0 Å². The zero-order valence-electron chi connectivity index (χ0n) is 9.61. The Kier molecular flexibility index (Phi) is 3.99. The molecule has 1 aliphatic rings. The third-order valence-corrected chi connectivity index (χ3v) is 2.76. The molecule has 0 atom stereocenters. The Balaban J connectivity index is 1.92. The molecule has 0 aromatic carbocycles. The number of anilines is 1. The van der Waals surface area contributed by atoms with E-state index in [0.29, 0.717) is 25.1 Å². The van der Waals surface area contributed by atoms with Crippen molar-refractivity contribution in [2.75, 3.05) is 25.6 Å². The molecule has 0 aliphatic heterocycles. The largest absolute Gasteiger partial charge is 0.474 e. The second kappa shape index (κ2) is 5.70. The fourth-order valence-electron chi connectivity index (χ4n) is 1.61. The summed E-state index contributed by atoms with van der Waals surface area (Å²) >= 11 is 0. The molecule has 16 heavy (non-hydrogen) atoms. The van der Waals surface area contributed by atoms with Gasteiger partial charge < -0.3 is 14.8 Å². The maximum atomic E-state index is 5.55. The Bertz CT molecular complexity index is 327. The SMILES string of the molecule is COCCOc1ncccc1NC1CCC1.